The summed E-state index contributed by atoms with van der Waals surface area (Å²) in [5.74, 6) is -3.07. The second-order valence-corrected chi connectivity index (χ2v) is 8.39. The number of methoxy groups -OCH3 is 1. The molecule has 0 bridgehead atoms. The first-order chi connectivity index (χ1) is 13.3. The van der Waals surface area contributed by atoms with Gasteiger partial charge in [0.15, 0.2) is 11.6 Å². The van der Waals surface area contributed by atoms with E-state index in [1.54, 1.807) is 19.1 Å². The summed E-state index contributed by atoms with van der Waals surface area (Å²) < 4.78 is 63.2. The Morgan fingerprint density at radius 3 is 2.50 bits per heavy atom. The summed E-state index contributed by atoms with van der Waals surface area (Å²) in [4.78, 5) is 0. The minimum atomic E-state index is -1.60. The molecule has 0 aliphatic heterocycles. The molecule has 8 heteroatoms. The highest BCUT2D eigenvalue weighted by molar-refractivity contribution is 7.88. The van der Waals surface area contributed by atoms with Crippen LogP contribution < -0.4 is 14.8 Å². The number of allylic oxidation sites excluding steroid dienone is 1. The molecule has 0 spiro atoms. The maximum absolute atomic E-state index is 14.6. The van der Waals surface area contributed by atoms with E-state index in [1.807, 2.05) is 0 Å². The fraction of sp³-hybridized carbons (Fsp3) is 0.300. The van der Waals surface area contributed by atoms with E-state index in [0.717, 1.165) is 18.9 Å². The maximum atomic E-state index is 14.6. The highest BCUT2D eigenvalue weighted by atomic mass is 32.2. The molecule has 2 N–H and O–H groups in total. The number of rotatable bonds is 8. The van der Waals surface area contributed by atoms with Crippen LogP contribution >= 0.6 is 0 Å². The van der Waals surface area contributed by atoms with E-state index < -0.39 is 33.2 Å². The van der Waals surface area contributed by atoms with Crippen LogP contribution in [-0.4, -0.2) is 16.1 Å². The zero-order valence-corrected chi connectivity index (χ0v) is 16.4. The highest BCUT2D eigenvalue weighted by Gasteiger charge is 2.48. The minimum Gasteiger partial charge on any atom is -0.494 e. The van der Waals surface area contributed by atoms with E-state index in [-0.39, 0.29) is 22.8 Å². The molecule has 0 saturated heterocycles. The van der Waals surface area contributed by atoms with Crippen molar-refractivity contribution >= 4 is 28.0 Å². The molecule has 28 heavy (non-hydrogen) atoms. The fourth-order valence-electron chi connectivity index (χ4n) is 2.91. The smallest absolute Gasteiger partial charge is 0.184 e. The highest BCUT2D eigenvalue weighted by Crippen LogP contribution is 2.47. The minimum absolute atomic E-state index is 0.0324. The van der Waals surface area contributed by atoms with Crippen LogP contribution in [0.5, 0.6) is 5.75 Å². The summed E-state index contributed by atoms with van der Waals surface area (Å²) in [5.41, 5.74) is 0.232. The van der Waals surface area contributed by atoms with Crippen molar-refractivity contribution in [2.24, 2.45) is 0 Å². The lowest BCUT2D eigenvalue weighted by atomic mass is 10.2. The fourth-order valence-corrected chi connectivity index (χ4v) is 4.25. The van der Waals surface area contributed by atoms with Crippen LogP contribution in [0.25, 0.3) is 0 Å². The van der Waals surface area contributed by atoms with Crippen LogP contribution in [0.2, 0.25) is 0 Å². The molecule has 3 rings (SSSR count). The lowest BCUT2D eigenvalue weighted by molar-refractivity contribution is 0.409. The average Bonchev–Trinajstić information content (AvgIpc) is 3.43. The van der Waals surface area contributed by atoms with Crippen LogP contribution in [-0.2, 0) is 11.0 Å². The Morgan fingerprint density at radius 2 is 1.93 bits per heavy atom. The molecule has 1 aliphatic carbocycles. The van der Waals surface area contributed by atoms with Gasteiger partial charge in [0.25, 0.3) is 0 Å². The van der Waals surface area contributed by atoms with E-state index in [2.05, 4.69) is 16.6 Å². The van der Waals surface area contributed by atoms with Gasteiger partial charge in [-0.1, -0.05) is 12.1 Å². The molecule has 0 aromatic heterocycles. The Hall–Kier alpha value is -2.48. The molecule has 1 saturated carbocycles. The summed E-state index contributed by atoms with van der Waals surface area (Å²) in [5, 5.41) is 2.57. The van der Waals surface area contributed by atoms with Gasteiger partial charge in [-0.3, -0.25) is 4.72 Å². The van der Waals surface area contributed by atoms with Gasteiger partial charge in [0.2, 0.25) is 0 Å². The van der Waals surface area contributed by atoms with Gasteiger partial charge in [0.05, 0.1) is 17.5 Å². The molecule has 0 heterocycles. The van der Waals surface area contributed by atoms with Gasteiger partial charge in [-0.2, -0.15) is 0 Å². The summed E-state index contributed by atoms with van der Waals surface area (Å²) in [6.07, 6.45) is 3.64. The molecule has 1 unspecified atom stereocenters. The van der Waals surface area contributed by atoms with Crippen LogP contribution in [0, 0.1) is 24.4 Å². The van der Waals surface area contributed by atoms with Gasteiger partial charge in [-0.15, -0.1) is 6.58 Å². The number of ether oxygens (including phenoxy) is 1. The van der Waals surface area contributed by atoms with Crippen molar-refractivity contribution in [3.63, 3.8) is 0 Å². The zero-order valence-electron chi connectivity index (χ0n) is 15.6. The van der Waals surface area contributed by atoms with Crippen LogP contribution in [0.1, 0.15) is 24.8 Å². The number of halogens is 3. The molecule has 2 aromatic carbocycles. The van der Waals surface area contributed by atoms with Gasteiger partial charge in [0.1, 0.15) is 33.9 Å². The molecule has 150 valence electrons. The van der Waals surface area contributed by atoms with Gasteiger partial charge in [-0.25, -0.2) is 17.4 Å². The van der Waals surface area contributed by atoms with E-state index in [9.17, 15) is 17.4 Å². The van der Waals surface area contributed by atoms with Crippen LogP contribution in [0.3, 0.4) is 0 Å². The maximum Gasteiger partial charge on any atom is 0.184 e. The lowest BCUT2D eigenvalue weighted by Crippen LogP contribution is -2.23. The molecule has 0 amide bonds. The van der Waals surface area contributed by atoms with E-state index >= 15 is 0 Å². The molecule has 2 aromatic rings. The molecule has 4 nitrogen and oxygen atoms in total. The van der Waals surface area contributed by atoms with Crippen molar-refractivity contribution < 1.29 is 22.1 Å². The van der Waals surface area contributed by atoms with E-state index in [1.165, 1.54) is 19.2 Å². The molecule has 1 aliphatic rings. The van der Waals surface area contributed by atoms with Crippen molar-refractivity contribution in [2.45, 2.75) is 30.9 Å². The first-order valence-electron chi connectivity index (χ1n) is 8.70. The van der Waals surface area contributed by atoms with Gasteiger partial charge >= 0.3 is 0 Å². The number of benzene rings is 2. The number of aryl methyl sites for hydroxylation is 1. The zero-order chi connectivity index (χ0) is 20.5. The number of anilines is 3. The predicted molar refractivity (Wildman–Crippen MR) is 106 cm³/mol. The number of nitrogens with one attached hydrogen (secondary N) is 2. The quantitative estimate of drug-likeness (QED) is 0.577. The summed E-state index contributed by atoms with van der Waals surface area (Å²) in [6.45, 7) is 5.39. The van der Waals surface area contributed by atoms with Gasteiger partial charge < -0.3 is 10.1 Å². The lowest BCUT2D eigenvalue weighted by Gasteiger charge is -2.21. The third-order valence-corrected chi connectivity index (χ3v) is 6.45. The van der Waals surface area contributed by atoms with Crippen molar-refractivity contribution in [1.29, 1.82) is 0 Å². The molecular weight excluding hydrogens is 389 g/mol. The first kappa shape index (κ1) is 20.3. The van der Waals surface area contributed by atoms with Crippen molar-refractivity contribution in [1.82, 2.24) is 0 Å². The second kappa shape index (κ2) is 7.87. The summed E-state index contributed by atoms with van der Waals surface area (Å²) in [6, 6.07) is 5.18. The predicted octanol–water partition coefficient (Wildman–Crippen LogP) is 5.35. The largest absolute Gasteiger partial charge is 0.494 e. The third-order valence-electron chi connectivity index (χ3n) is 4.70. The van der Waals surface area contributed by atoms with Gasteiger partial charge in [-0.05, 0) is 43.9 Å². The average molecular weight is 410 g/mol. The van der Waals surface area contributed by atoms with E-state index in [4.69, 9.17) is 4.74 Å². The Balaban J connectivity index is 2.03. The SMILES string of the molecule is C=CCC1(S(=O)Nc2c(OC)cc(F)c(F)c2Nc2ccc(C)cc2F)CC1. The Morgan fingerprint density at radius 1 is 1.21 bits per heavy atom. The third kappa shape index (κ3) is 3.87. The number of hydrogen-bond donors (Lipinski definition) is 2. The first-order valence-corrected chi connectivity index (χ1v) is 9.85. The second-order valence-electron chi connectivity index (χ2n) is 6.78. The Bertz CT molecular complexity index is 946. The normalized spacial score (nSPS) is 15.6. The van der Waals surface area contributed by atoms with Crippen molar-refractivity contribution in [3.8, 4) is 5.75 Å². The Kier molecular flexibility index (Phi) is 5.69. The summed E-state index contributed by atoms with van der Waals surface area (Å²) >= 11 is 0. The topological polar surface area (TPSA) is 50.4 Å². The summed E-state index contributed by atoms with van der Waals surface area (Å²) in [7, 11) is -0.313. The Labute approximate surface area is 164 Å². The van der Waals surface area contributed by atoms with Crippen molar-refractivity contribution in [3.05, 3.63) is 59.9 Å². The van der Waals surface area contributed by atoms with Crippen LogP contribution in [0.15, 0.2) is 36.9 Å². The van der Waals surface area contributed by atoms with Crippen molar-refractivity contribution in [2.75, 3.05) is 17.1 Å². The molecule has 0 radical (unpaired) electrons. The molecule has 1 atom stereocenters. The van der Waals surface area contributed by atoms with Crippen LogP contribution in [0.4, 0.5) is 30.2 Å². The van der Waals surface area contributed by atoms with E-state index in [0.29, 0.717) is 12.0 Å². The monoisotopic (exact) mass is 410 g/mol. The molecule has 1 fully saturated rings. The van der Waals surface area contributed by atoms with Gasteiger partial charge in [0, 0.05) is 6.07 Å². The molecular formula is C20H21F3N2O2S. The number of hydrogen-bond acceptors (Lipinski definition) is 3. The standard InChI is InChI=1S/C20H21F3N2O2S/c1-4-7-20(8-9-20)28(26)25-18-16(27-3)11-14(22)17(23)19(18)24-15-6-5-12(2)10-13(15)21/h4-6,10-11,24-25H,1,7-9H2,2-3H3.